The minimum Gasteiger partial charge on any atom is -0.480 e. The summed E-state index contributed by atoms with van der Waals surface area (Å²) in [6.07, 6.45) is 7.37. The lowest BCUT2D eigenvalue weighted by Gasteiger charge is -2.23. The number of nitrogens with zero attached hydrogens (tertiary/aromatic N) is 1. The summed E-state index contributed by atoms with van der Waals surface area (Å²) >= 11 is 0. The molecule has 1 aliphatic rings. The van der Waals surface area contributed by atoms with Crippen LogP contribution in [0.3, 0.4) is 0 Å². The van der Waals surface area contributed by atoms with E-state index in [0.717, 1.165) is 19.3 Å². The molecule has 0 aliphatic heterocycles. The fraction of sp³-hybridized carbons (Fsp3) is 0.600. The number of hydrogen-bond donors (Lipinski definition) is 2. The predicted molar refractivity (Wildman–Crippen MR) is 75.6 cm³/mol. The van der Waals surface area contributed by atoms with Gasteiger partial charge in [-0.3, -0.25) is 9.59 Å². The molecule has 2 rings (SSSR count). The van der Waals surface area contributed by atoms with Gasteiger partial charge >= 0.3 is 5.97 Å². The van der Waals surface area contributed by atoms with Gasteiger partial charge in [-0.25, -0.2) is 0 Å². The molecule has 1 aliphatic carbocycles. The molecule has 0 bridgehead atoms. The third-order valence-electron chi connectivity index (χ3n) is 4.05. The van der Waals surface area contributed by atoms with Crippen molar-refractivity contribution in [3.05, 3.63) is 24.0 Å². The third-order valence-corrected chi connectivity index (χ3v) is 4.05. The Morgan fingerprint density at radius 2 is 2.10 bits per heavy atom. The normalized spacial score (nSPS) is 23.1. The maximum Gasteiger partial charge on any atom is 0.323 e. The van der Waals surface area contributed by atoms with E-state index in [4.69, 9.17) is 5.11 Å². The largest absolute Gasteiger partial charge is 0.480 e. The number of carboxylic acid groups (broad SMARTS) is 1. The van der Waals surface area contributed by atoms with Crippen molar-refractivity contribution >= 4 is 11.9 Å². The number of carbonyl (C=O) groups is 2. The predicted octanol–water partition coefficient (Wildman–Crippen LogP) is 2.27. The summed E-state index contributed by atoms with van der Waals surface area (Å²) in [5.74, 6) is -0.641. The molecule has 0 aromatic carbocycles. The van der Waals surface area contributed by atoms with Gasteiger partial charge in [0.1, 0.15) is 12.2 Å². The van der Waals surface area contributed by atoms with Crippen LogP contribution < -0.4 is 5.32 Å². The Morgan fingerprint density at radius 3 is 2.85 bits per heavy atom. The zero-order valence-electron chi connectivity index (χ0n) is 11.8. The molecule has 0 saturated heterocycles. The molecule has 0 radical (unpaired) electrons. The first kappa shape index (κ1) is 14.6. The van der Waals surface area contributed by atoms with Crippen LogP contribution in [0.2, 0.25) is 0 Å². The summed E-state index contributed by atoms with van der Waals surface area (Å²) in [5.41, 5.74) is 0.420. The lowest BCUT2D eigenvalue weighted by molar-refractivity contribution is -0.137. The van der Waals surface area contributed by atoms with E-state index >= 15 is 0 Å². The second-order valence-corrected chi connectivity index (χ2v) is 5.61. The number of hydrogen-bond acceptors (Lipinski definition) is 2. The van der Waals surface area contributed by atoms with Crippen molar-refractivity contribution < 1.29 is 14.7 Å². The Bertz CT molecular complexity index is 481. The number of rotatable bonds is 4. The van der Waals surface area contributed by atoms with Crippen LogP contribution in [-0.2, 0) is 11.3 Å². The van der Waals surface area contributed by atoms with E-state index in [9.17, 15) is 9.59 Å². The average Bonchev–Trinajstić information content (AvgIpc) is 2.74. The highest BCUT2D eigenvalue weighted by Gasteiger charge is 2.23. The Balaban J connectivity index is 2.04. The first-order valence-corrected chi connectivity index (χ1v) is 7.25. The number of amides is 1. The molecule has 0 spiro atoms. The number of nitrogens with one attached hydrogen (secondary N) is 1. The Hall–Kier alpha value is -1.78. The highest BCUT2D eigenvalue weighted by atomic mass is 16.4. The van der Waals surface area contributed by atoms with Crippen LogP contribution in [0.4, 0.5) is 0 Å². The fourth-order valence-corrected chi connectivity index (χ4v) is 2.85. The third kappa shape index (κ3) is 3.62. The number of aromatic nitrogens is 1. The van der Waals surface area contributed by atoms with Crippen LogP contribution in [-0.4, -0.2) is 27.6 Å². The summed E-state index contributed by atoms with van der Waals surface area (Å²) in [6.45, 7) is 1.99. The quantitative estimate of drug-likeness (QED) is 0.830. The van der Waals surface area contributed by atoms with Crippen molar-refractivity contribution in [1.29, 1.82) is 0 Å². The van der Waals surface area contributed by atoms with E-state index in [1.54, 1.807) is 18.3 Å². The molecule has 110 valence electrons. The number of aliphatic carboxylic acids is 1. The maximum absolute atomic E-state index is 12.3. The van der Waals surface area contributed by atoms with E-state index in [-0.39, 0.29) is 18.5 Å². The van der Waals surface area contributed by atoms with Gasteiger partial charge in [-0.1, -0.05) is 26.2 Å². The molecule has 2 unspecified atom stereocenters. The highest BCUT2D eigenvalue weighted by Crippen LogP contribution is 2.23. The van der Waals surface area contributed by atoms with Gasteiger partial charge in [-0.2, -0.15) is 0 Å². The van der Waals surface area contributed by atoms with Gasteiger partial charge in [-0.15, -0.1) is 0 Å². The van der Waals surface area contributed by atoms with E-state index < -0.39 is 5.97 Å². The van der Waals surface area contributed by atoms with Crippen LogP contribution in [0.5, 0.6) is 0 Å². The van der Waals surface area contributed by atoms with Crippen molar-refractivity contribution in [3.8, 4) is 0 Å². The molecule has 1 saturated carbocycles. The molecule has 5 heteroatoms. The molecule has 5 nitrogen and oxygen atoms in total. The van der Waals surface area contributed by atoms with E-state index in [1.165, 1.54) is 17.4 Å². The van der Waals surface area contributed by atoms with E-state index in [1.807, 2.05) is 0 Å². The van der Waals surface area contributed by atoms with Crippen molar-refractivity contribution in [1.82, 2.24) is 9.88 Å². The van der Waals surface area contributed by atoms with Crippen LogP contribution in [0, 0.1) is 5.92 Å². The van der Waals surface area contributed by atoms with Crippen molar-refractivity contribution in [3.63, 3.8) is 0 Å². The topological polar surface area (TPSA) is 71.3 Å². The van der Waals surface area contributed by atoms with Crippen LogP contribution in [0.25, 0.3) is 0 Å². The minimum atomic E-state index is -0.946. The van der Waals surface area contributed by atoms with E-state index in [2.05, 4.69) is 12.2 Å². The van der Waals surface area contributed by atoms with Crippen LogP contribution in [0.15, 0.2) is 18.3 Å². The number of carboxylic acids is 1. The second-order valence-electron chi connectivity index (χ2n) is 5.61. The SMILES string of the molecule is CC1CCCCCC1NC(=O)c1cccn1CC(=O)O. The Morgan fingerprint density at radius 1 is 1.35 bits per heavy atom. The van der Waals surface area contributed by atoms with Crippen molar-refractivity contribution in [2.45, 2.75) is 51.6 Å². The number of carbonyl (C=O) groups excluding carboxylic acids is 1. The van der Waals surface area contributed by atoms with Crippen molar-refractivity contribution in [2.24, 2.45) is 5.92 Å². The Kier molecular flexibility index (Phi) is 4.82. The van der Waals surface area contributed by atoms with Crippen LogP contribution >= 0.6 is 0 Å². The molecular weight excluding hydrogens is 256 g/mol. The molecule has 20 heavy (non-hydrogen) atoms. The van der Waals surface area contributed by atoms with Gasteiger partial charge in [0, 0.05) is 12.2 Å². The monoisotopic (exact) mass is 278 g/mol. The first-order valence-electron chi connectivity index (χ1n) is 7.25. The molecule has 1 heterocycles. The summed E-state index contributed by atoms with van der Waals surface area (Å²) in [6, 6.07) is 3.56. The first-order chi connectivity index (χ1) is 9.58. The Labute approximate surface area is 119 Å². The summed E-state index contributed by atoms with van der Waals surface area (Å²) in [4.78, 5) is 23.1. The molecular formula is C15H22N2O3. The van der Waals surface area contributed by atoms with Crippen LogP contribution in [0.1, 0.15) is 49.5 Å². The van der Waals surface area contributed by atoms with Gasteiger partial charge in [0.05, 0.1) is 0 Å². The lowest BCUT2D eigenvalue weighted by atomic mass is 9.97. The zero-order chi connectivity index (χ0) is 14.5. The van der Waals surface area contributed by atoms with Gasteiger partial charge in [0.15, 0.2) is 0 Å². The highest BCUT2D eigenvalue weighted by molar-refractivity contribution is 5.93. The summed E-state index contributed by atoms with van der Waals surface area (Å²) in [7, 11) is 0. The van der Waals surface area contributed by atoms with E-state index in [0.29, 0.717) is 11.6 Å². The molecule has 1 aromatic heterocycles. The average molecular weight is 278 g/mol. The summed E-state index contributed by atoms with van der Waals surface area (Å²) in [5, 5.41) is 11.9. The van der Waals surface area contributed by atoms with Gasteiger partial charge in [0.2, 0.25) is 0 Å². The minimum absolute atomic E-state index is 0.171. The lowest BCUT2D eigenvalue weighted by Crippen LogP contribution is -2.39. The molecule has 2 atom stereocenters. The van der Waals surface area contributed by atoms with Gasteiger partial charge in [0.25, 0.3) is 5.91 Å². The molecule has 1 amide bonds. The molecule has 2 N–H and O–H groups in total. The van der Waals surface area contributed by atoms with Crippen molar-refractivity contribution in [2.75, 3.05) is 0 Å². The molecule has 1 aromatic rings. The zero-order valence-corrected chi connectivity index (χ0v) is 11.8. The second kappa shape index (κ2) is 6.59. The summed E-state index contributed by atoms with van der Waals surface area (Å²) < 4.78 is 1.47. The maximum atomic E-state index is 12.3. The van der Waals surface area contributed by atoms with Gasteiger partial charge in [-0.05, 0) is 30.9 Å². The smallest absolute Gasteiger partial charge is 0.323 e. The fourth-order valence-electron chi connectivity index (χ4n) is 2.85. The standard InChI is InChI=1S/C15H22N2O3/c1-11-6-3-2-4-7-12(11)16-15(20)13-8-5-9-17(13)10-14(18)19/h5,8-9,11-12H,2-4,6-7,10H2,1H3,(H,16,20)(H,18,19). The molecule has 1 fully saturated rings. The van der Waals surface area contributed by atoms with Gasteiger partial charge < -0.3 is 15.0 Å².